The standard InChI is InChI=1S/C19H24N4O4/c1-25-7-5-20-19(24)15-10-22-18(11-21-15)23-6-4-13-8-16(26-2)17(27-3)9-14(13)12-23/h8-11H,4-7,12H2,1-3H3,(H,20,24). The second-order valence-corrected chi connectivity index (χ2v) is 6.16. The summed E-state index contributed by atoms with van der Waals surface area (Å²) in [5.74, 6) is 1.94. The minimum atomic E-state index is -0.257. The van der Waals surface area contributed by atoms with E-state index in [0.29, 0.717) is 31.1 Å². The van der Waals surface area contributed by atoms with Crippen LogP contribution in [0.1, 0.15) is 21.6 Å². The Morgan fingerprint density at radius 3 is 2.48 bits per heavy atom. The summed E-state index contributed by atoms with van der Waals surface area (Å²) in [4.78, 5) is 22.8. The molecule has 2 aromatic rings. The zero-order chi connectivity index (χ0) is 19.2. The van der Waals surface area contributed by atoms with Crippen molar-refractivity contribution in [2.24, 2.45) is 0 Å². The van der Waals surface area contributed by atoms with Crippen LogP contribution in [0.5, 0.6) is 11.5 Å². The Labute approximate surface area is 158 Å². The molecule has 0 spiro atoms. The van der Waals surface area contributed by atoms with Crippen LogP contribution in [-0.2, 0) is 17.7 Å². The Balaban J connectivity index is 1.70. The Morgan fingerprint density at radius 1 is 1.11 bits per heavy atom. The van der Waals surface area contributed by atoms with E-state index in [2.05, 4.69) is 20.2 Å². The average molecular weight is 372 g/mol. The fourth-order valence-electron chi connectivity index (χ4n) is 3.04. The lowest BCUT2D eigenvalue weighted by Gasteiger charge is -2.30. The van der Waals surface area contributed by atoms with Crippen molar-refractivity contribution in [3.63, 3.8) is 0 Å². The molecule has 1 aromatic carbocycles. The molecule has 0 saturated carbocycles. The van der Waals surface area contributed by atoms with E-state index in [9.17, 15) is 4.79 Å². The number of rotatable bonds is 7. The number of methoxy groups -OCH3 is 3. The molecule has 3 rings (SSSR count). The lowest BCUT2D eigenvalue weighted by Crippen LogP contribution is -2.32. The molecule has 1 N–H and O–H groups in total. The quantitative estimate of drug-likeness (QED) is 0.736. The molecule has 8 nitrogen and oxygen atoms in total. The summed E-state index contributed by atoms with van der Waals surface area (Å²) in [7, 11) is 4.86. The van der Waals surface area contributed by atoms with Crippen LogP contribution in [-0.4, -0.2) is 56.9 Å². The van der Waals surface area contributed by atoms with Crippen molar-refractivity contribution in [2.75, 3.05) is 45.9 Å². The number of anilines is 1. The van der Waals surface area contributed by atoms with Crippen molar-refractivity contribution in [3.05, 3.63) is 41.3 Å². The number of nitrogens with zero attached hydrogens (tertiary/aromatic N) is 3. The molecule has 1 aliphatic heterocycles. The fraction of sp³-hybridized carbons (Fsp3) is 0.421. The highest BCUT2D eigenvalue weighted by Gasteiger charge is 2.21. The highest BCUT2D eigenvalue weighted by Crippen LogP contribution is 2.33. The second-order valence-electron chi connectivity index (χ2n) is 6.16. The monoisotopic (exact) mass is 372 g/mol. The van der Waals surface area contributed by atoms with Crippen LogP contribution < -0.4 is 19.7 Å². The zero-order valence-electron chi connectivity index (χ0n) is 15.8. The maximum Gasteiger partial charge on any atom is 0.271 e. The minimum Gasteiger partial charge on any atom is -0.493 e. The van der Waals surface area contributed by atoms with Gasteiger partial charge in [0.05, 0.1) is 33.2 Å². The van der Waals surface area contributed by atoms with Crippen molar-refractivity contribution < 1.29 is 19.0 Å². The summed E-state index contributed by atoms with van der Waals surface area (Å²) in [5, 5.41) is 2.73. The third kappa shape index (κ3) is 4.28. The first-order valence-electron chi connectivity index (χ1n) is 8.74. The van der Waals surface area contributed by atoms with Crippen LogP contribution in [0.25, 0.3) is 0 Å². The Bertz CT molecular complexity index is 795. The van der Waals surface area contributed by atoms with Gasteiger partial charge in [-0.3, -0.25) is 4.79 Å². The lowest BCUT2D eigenvalue weighted by atomic mass is 9.99. The summed E-state index contributed by atoms with van der Waals surface area (Å²) in [6.45, 7) is 2.41. The van der Waals surface area contributed by atoms with E-state index in [4.69, 9.17) is 14.2 Å². The van der Waals surface area contributed by atoms with Gasteiger partial charge in [-0.15, -0.1) is 0 Å². The van der Waals surface area contributed by atoms with Crippen LogP contribution in [0.4, 0.5) is 5.82 Å². The number of ether oxygens (including phenoxy) is 3. The molecule has 0 unspecified atom stereocenters. The summed E-state index contributed by atoms with van der Waals surface area (Å²) < 4.78 is 15.7. The van der Waals surface area contributed by atoms with Crippen LogP contribution in [0.15, 0.2) is 24.5 Å². The SMILES string of the molecule is COCCNC(=O)c1cnc(N2CCc3cc(OC)c(OC)cc3C2)cn1. The van der Waals surface area contributed by atoms with Gasteiger partial charge >= 0.3 is 0 Å². The van der Waals surface area contributed by atoms with E-state index in [0.717, 1.165) is 24.5 Å². The average Bonchev–Trinajstić information content (AvgIpc) is 2.72. The molecule has 0 radical (unpaired) electrons. The van der Waals surface area contributed by atoms with Crippen LogP contribution >= 0.6 is 0 Å². The first-order valence-corrected chi connectivity index (χ1v) is 8.74. The molecule has 1 aromatic heterocycles. The number of carbonyl (C=O) groups is 1. The van der Waals surface area contributed by atoms with Gasteiger partial charge < -0.3 is 24.4 Å². The first-order chi connectivity index (χ1) is 13.2. The molecule has 27 heavy (non-hydrogen) atoms. The molecule has 0 saturated heterocycles. The number of benzene rings is 1. The van der Waals surface area contributed by atoms with Gasteiger partial charge in [0.2, 0.25) is 0 Å². The molecule has 0 bridgehead atoms. The molecule has 1 aliphatic rings. The van der Waals surface area contributed by atoms with E-state index in [-0.39, 0.29) is 5.91 Å². The number of fused-ring (bicyclic) bond motifs is 1. The van der Waals surface area contributed by atoms with Crippen LogP contribution in [0, 0.1) is 0 Å². The number of nitrogens with one attached hydrogen (secondary N) is 1. The molecule has 0 fully saturated rings. The van der Waals surface area contributed by atoms with E-state index in [1.54, 1.807) is 27.5 Å². The van der Waals surface area contributed by atoms with Crippen molar-refractivity contribution >= 4 is 11.7 Å². The fourth-order valence-corrected chi connectivity index (χ4v) is 3.04. The maximum atomic E-state index is 12.0. The van der Waals surface area contributed by atoms with E-state index >= 15 is 0 Å². The van der Waals surface area contributed by atoms with Crippen molar-refractivity contribution in [3.8, 4) is 11.5 Å². The summed E-state index contributed by atoms with van der Waals surface area (Å²) in [6, 6.07) is 4.04. The Hall–Kier alpha value is -2.87. The highest BCUT2D eigenvalue weighted by molar-refractivity contribution is 5.92. The molecule has 8 heteroatoms. The van der Waals surface area contributed by atoms with Gasteiger partial charge in [0.25, 0.3) is 5.91 Å². The smallest absolute Gasteiger partial charge is 0.271 e. The number of carbonyl (C=O) groups excluding carboxylic acids is 1. The largest absolute Gasteiger partial charge is 0.493 e. The normalized spacial score (nSPS) is 13.1. The molecule has 2 heterocycles. The van der Waals surface area contributed by atoms with Gasteiger partial charge in [0.1, 0.15) is 11.5 Å². The number of hydrogen-bond donors (Lipinski definition) is 1. The van der Waals surface area contributed by atoms with Crippen molar-refractivity contribution in [1.82, 2.24) is 15.3 Å². The molecular weight excluding hydrogens is 348 g/mol. The lowest BCUT2D eigenvalue weighted by molar-refractivity contribution is 0.0931. The van der Waals surface area contributed by atoms with E-state index < -0.39 is 0 Å². The van der Waals surface area contributed by atoms with Crippen LogP contribution in [0.3, 0.4) is 0 Å². The molecule has 144 valence electrons. The number of hydrogen-bond acceptors (Lipinski definition) is 7. The van der Waals surface area contributed by atoms with Gasteiger partial charge in [-0.25, -0.2) is 9.97 Å². The third-order valence-corrected chi connectivity index (χ3v) is 4.50. The van der Waals surface area contributed by atoms with Gasteiger partial charge in [0, 0.05) is 26.7 Å². The molecule has 1 amide bonds. The van der Waals surface area contributed by atoms with Gasteiger partial charge in [-0.1, -0.05) is 0 Å². The summed E-state index contributed by atoms with van der Waals surface area (Å²) >= 11 is 0. The predicted octanol–water partition coefficient (Wildman–Crippen LogP) is 1.43. The maximum absolute atomic E-state index is 12.0. The highest BCUT2D eigenvalue weighted by atomic mass is 16.5. The topological polar surface area (TPSA) is 85.8 Å². The Morgan fingerprint density at radius 2 is 1.85 bits per heavy atom. The summed E-state index contributed by atoms with van der Waals surface area (Å²) in [6.07, 6.45) is 4.01. The number of amides is 1. The van der Waals surface area contributed by atoms with Crippen molar-refractivity contribution in [2.45, 2.75) is 13.0 Å². The third-order valence-electron chi connectivity index (χ3n) is 4.50. The van der Waals surface area contributed by atoms with Gasteiger partial charge in [-0.05, 0) is 29.7 Å². The molecular formula is C19H24N4O4. The van der Waals surface area contributed by atoms with E-state index in [1.165, 1.54) is 17.3 Å². The minimum absolute atomic E-state index is 0.257. The zero-order valence-corrected chi connectivity index (χ0v) is 15.8. The molecule has 0 atom stereocenters. The predicted molar refractivity (Wildman–Crippen MR) is 101 cm³/mol. The van der Waals surface area contributed by atoms with Gasteiger partial charge in [-0.2, -0.15) is 0 Å². The Kier molecular flexibility index (Phi) is 6.08. The first kappa shape index (κ1) is 18.9. The van der Waals surface area contributed by atoms with Gasteiger partial charge in [0.15, 0.2) is 11.5 Å². The second kappa shape index (κ2) is 8.68. The molecule has 0 aliphatic carbocycles. The van der Waals surface area contributed by atoms with Crippen LogP contribution in [0.2, 0.25) is 0 Å². The number of aromatic nitrogens is 2. The van der Waals surface area contributed by atoms with Crippen molar-refractivity contribution in [1.29, 1.82) is 0 Å². The van der Waals surface area contributed by atoms with E-state index in [1.807, 2.05) is 12.1 Å². The summed E-state index contributed by atoms with van der Waals surface area (Å²) in [5.41, 5.74) is 2.70.